The zero-order valence-corrected chi connectivity index (χ0v) is 35.0. The molecule has 1 heterocycles. The van der Waals surface area contributed by atoms with Crippen LogP contribution < -0.4 is 4.90 Å². The Labute approximate surface area is 372 Å². The van der Waals surface area contributed by atoms with Crippen molar-refractivity contribution in [2.24, 2.45) is 0 Å². The fraction of sp³-hybridized carbons (Fsp3) is 0. The molecule has 0 bridgehead atoms. The van der Waals surface area contributed by atoms with E-state index in [0.29, 0.717) is 0 Å². The van der Waals surface area contributed by atoms with Crippen LogP contribution in [0, 0.1) is 0 Å². The summed E-state index contributed by atoms with van der Waals surface area (Å²) in [4.78, 5) is 2.39. The van der Waals surface area contributed by atoms with Crippen molar-refractivity contribution in [2.45, 2.75) is 0 Å². The molecule has 0 amide bonds. The SMILES string of the molecule is c1ccc(-c2ccccc2N(c2ccc(-c3ccc4c(c3)c(-c3ccccc3)c(-c3ccccc3)c3ccccc34)cc2)c2cccc(-c3cccc4c3oc3ccccc34)c2)cc1. The van der Waals surface area contributed by atoms with Crippen molar-refractivity contribution in [1.82, 2.24) is 0 Å². The average Bonchev–Trinajstić information content (AvgIpc) is 3.76. The molecule has 12 rings (SSSR count). The molecule has 300 valence electrons. The summed E-state index contributed by atoms with van der Waals surface area (Å²) in [6.45, 7) is 0. The standard InChI is InChI=1S/C62H41NO/c1-4-18-43(19-5-1)50-26-12-14-32-58(50)63(49-25-16-24-47(40-49)51-30-17-31-56-54-28-13-15-33-59(54)64-62(51)56)48-37-34-42(35-38-48)46-36-39-53-52-27-10-11-29-55(52)60(44-20-6-2-7-21-44)61(57(53)41-46)45-22-8-3-9-23-45/h1-41H. The fourth-order valence-corrected chi connectivity index (χ4v) is 9.73. The van der Waals surface area contributed by atoms with E-state index in [2.05, 4.69) is 241 Å². The minimum atomic E-state index is 0.896. The summed E-state index contributed by atoms with van der Waals surface area (Å²) in [5.74, 6) is 0. The van der Waals surface area contributed by atoms with Crippen LogP contribution in [0.25, 0.3) is 99.1 Å². The number of hydrogen-bond acceptors (Lipinski definition) is 2. The number of furan rings is 1. The monoisotopic (exact) mass is 815 g/mol. The molecule has 0 N–H and O–H groups in total. The summed E-state index contributed by atoms with van der Waals surface area (Å²) in [7, 11) is 0. The lowest BCUT2D eigenvalue weighted by Gasteiger charge is -2.28. The number of fused-ring (bicyclic) bond motifs is 6. The molecule has 0 spiro atoms. The van der Waals surface area contributed by atoms with Crippen molar-refractivity contribution in [3.05, 3.63) is 249 Å². The van der Waals surface area contributed by atoms with Gasteiger partial charge in [-0.2, -0.15) is 0 Å². The maximum absolute atomic E-state index is 6.54. The molecule has 1 aromatic heterocycles. The third-order valence-electron chi connectivity index (χ3n) is 12.7. The molecule has 0 saturated heterocycles. The van der Waals surface area contributed by atoms with Crippen molar-refractivity contribution in [1.29, 1.82) is 0 Å². The van der Waals surface area contributed by atoms with Crippen LogP contribution >= 0.6 is 0 Å². The molecule has 11 aromatic carbocycles. The van der Waals surface area contributed by atoms with Crippen LogP contribution in [-0.2, 0) is 0 Å². The Morgan fingerprint density at radius 2 is 0.797 bits per heavy atom. The Kier molecular flexibility index (Phi) is 9.20. The zero-order valence-electron chi connectivity index (χ0n) is 35.0. The molecule has 0 aliphatic rings. The number of nitrogens with zero attached hydrogens (tertiary/aromatic N) is 1. The van der Waals surface area contributed by atoms with Crippen LogP contribution in [0.4, 0.5) is 17.1 Å². The van der Waals surface area contributed by atoms with Crippen LogP contribution in [0.15, 0.2) is 253 Å². The highest BCUT2D eigenvalue weighted by Gasteiger charge is 2.21. The number of para-hydroxylation sites is 3. The second-order valence-electron chi connectivity index (χ2n) is 16.4. The van der Waals surface area contributed by atoms with Gasteiger partial charge in [-0.25, -0.2) is 0 Å². The van der Waals surface area contributed by atoms with Crippen LogP contribution in [0.3, 0.4) is 0 Å². The summed E-state index contributed by atoms with van der Waals surface area (Å²) in [6.07, 6.45) is 0. The molecular weight excluding hydrogens is 775 g/mol. The molecule has 2 heteroatoms. The van der Waals surface area contributed by atoms with Crippen LogP contribution in [0.2, 0.25) is 0 Å². The summed E-state index contributed by atoms with van der Waals surface area (Å²) in [5.41, 5.74) is 16.7. The first kappa shape index (κ1) is 37.3. The van der Waals surface area contributed by atoms with Crippen molar-refractivity contribution >= 4 is 60.5 Å². The Balaban J connectivity index is 1.02. The van der Waals surface area contributed by atoms with Gasteiger partial charge in [0.1, 0.15) is 11.2 Å². The average molecular weight is 816 g/mol. The van der Waals surface area contributed by atoms with Gasteiger partial charge in [-0.1, -0.05) is 206 Å². The molecule has 0 fully saturated rings. The van der Waals surface area contributed by atoms with Gasteiger partial charge in [0.2, 0.25) is 0 Å². The predicted octanol–water partition coefficient (Wildman–Crippen LogP) is 17.7. The van der Waals surface area contributed by atoms with E-state index in [4.69, 9.17) is 4.42 Å². The number of rotatable bonds is 8. The molecule has 0 aliphatic carbocycles. The molecule has 0 radical (unpaired) electrons. The van der Waals surface area contributed by atoms with Crippen LogP contribution in [0.1, 0.15) is 0 Å². The fourth-order valence-electron chi connectivity index (χ4n) is 9.73. The number of benzene rings is 11. The minimum Gasteiger partial charge on any atom is -0.455 e. The van der Waals surface area contributed by atoms with Crippen LogP contribution in [0.5, 0.6) is 0 Å². The normalized spacial score (nSPS) is 11.4. The molecular formula is C62H41NO. The van der Waals surface area contributed by atoms with E-state index in [1.165, 1.54) is 49.4 Å². The Morgan fingerprint density at radius 3 is 1.55 bits per heavy atom. The summed E-state index contributed by atoms with van der Waals surface area (Å²) >= 11 is 0. The summed E-state index contributed by atoms with van der Waals surface area (Å²) < 4.78 is 6.54. The van der Waals surface area contributed by atoms with E-state index in [9.17, 15) is 0 Å². The first-order valence-electron chi connectivity index (χ1n) is 21.9. The van der Waals surface area contributed by atoms with Crippen molar-refractivity contribution < 1.29 is 4.42 Å². The first-order valence-corrected chi connectivity index (χ1v) is 21.9. The molecule has 0 saturated carbocycles. The second kappa shape index (κ2) is 15.8. The van der Waals surface area contributed by atoms with E-state index < -0.39 is 0 Å². The van der Waals surface area contributed by atoms with E-state index in [0.717, 1.165) is 66.8 Å². The molecule has 0 aliphatic heterocycles. The first-order chi connectivity index (χ1) is 31.8. The van der Waals surface area contributed by atoms with Crippen molar-refractivity contribution in [3.8, 4) is 55.6 Å². The highest BCUT2D eigenvalue weighted by atomic mass is 16.3. The van der Waals surface area contributed by atoms with Gasteiger partial charge in [-0.05, 0) is 109 Å². The Hall–Kier alpha value is -8.46. The molecule has 12 aromatic rings. The summed E-state index contributed by atoms with van der Waals surface area (Å²) in [5, 5.41) is 7.24. The van der Waals surface area contributed by atoms with Gasteiger partial charge in [-0.15, -0.1) is 0 Å². The Morgan fingerprint density at radius 1 is 0.266 bits per heavy atom. The van der Waals surface area contributed by atoms with Gasteiger partial charge in [-0.3, -0.25) is 0 Å². The quantitative estimate of drug-likeness (QED) is 0.142. The number of anilines is 3. The van der Waals surface area contributed by atoms with E-state index >= 15 is 0 Å². The van der Waals surface area contributed by atoms with Gasteiger partial charge in [0.05, 0.1) is 5.69 Å². The van der Waals surface area contributed by atoms with Gasteiger partial charge in [0.15, 0.2) is 0 Å². The van der Waals surface area contributed by atoms with E-state index in [-0.39, 0.29) is 0 Å². The lowest BCUT2D eigenvalue weighted by molar-refractivity contribution is 0.670. The molecule has 64 heavy (non-hydrogen) atoms. The minimum absolute atomic E-state index is 0.896. The highest BCUT2D eigenvalue weighted by molar-refractivity contribution is 6.22. The zero-order chi connectivity index (χ0) is 42.4. The van der Waals surface area contributed by atoms with Gasteiger partial charge >= 0.3 is 0 Å². The second-order valence-corrected chi connectivity index (χ2v) is 16.4. The maximum Gasteiger partial charge on any atom is 0.143 e. The molecule has 2 nitrogen and oxygen atoms in total. The Bertz CT molecular complexity index is 3650. The highest BCUT2D eigenvalue weighted by Crippen LogP contribution is 2.47. The van der Waals surface area contributed by atoms with Gasteiger partial charge in [0, 0.05) is 33.3 Å². The van der Waals surface area contributed by atoms with Crippen LogP contribution in [-0.4, -0.2) is 0 Å². The smallest absolute Gasteiger partial charge is 0.143 e. The predicted molar refractivity (Wildman–Crippen MR) is 271 cm³/mol. The van der Waals surface area contributed by atoms with Crippen molar-refractivity contribution in [2.75, 3.05) is 4.90 Å². The number of hydrogen-bond donors (Lipinski definition) is 0. The molecule has 0 atom stereocenters. The largest absolute Gasteiger partial charge is 0.455 e. The topological polar surface area (TPSA) is 16.4 Å². The lowest BCUT2D eigenvalue weighted by atomic mass is 9.84. The lowest BCUT2D eigenvalue weighted by Crippen LogP contribution is -2.11. The van der Waals surface area contributed by atoms with Gasteiger partial charge in [0.25, 0.3) is 0 Å². The summed E-state index contributed by atoms with van der Waals surface area (Å²) in [6, 6.07) is 89.6. The van der Waals surface area contributed by atoms with Gasteiger partial charge < -0.3 is 9.32 Å². The molecule has 0 unspecified atom stereocenters. The van der Waals surface area contributed by atoms with Crippen molar-refractivity contribution in [3.63, 3.8) is 0 Å². The van der Waals surface area contributed by atoms with E-state index in [1.807, 2.05) is 12.1 Å². The third-order valence-corrected chi connectivity index (χ3v) is 12.7. The maximum atomic E-state index is 6.54. The third kappa shape index (κ3) is 6.44. The van der Waals surface area contributed by atoms with E-state index in [1.54, 1.807) is 0 Å².